The van der Waals surface area contributed by atoms with Crippen molar-refractivity contribution in [1.82, 2.24) is 14.5 Å². The van der Waals surface area contributed by atoms with Gasteiger partial charge < -0.3 is 10.2 Å². The van der Waals surface area contributed by atoms with Gasteiger partial charge in [0.2, 0.25) is 0 Å². The van der Waals surface area contributed by atoms with Crippen molar-refractivity contribution in [1.29, 1.82) is 0 Å². The van der Waals surface area contributed by atoms with Crippen molar-refractivity contribution < 1.29 is 10.2 Å². The molecule has 0 saturated heterocycles. The first kappa shape index (κ1) is 10.7. The minimum absolute atomic E-state index is 0.0400. The van der Waals surface area contributed by atoms with Crippen LogP contribution in [0.25, 0.3) is 11.2 Å². The summed E-state index contributed by atoms with van der Waals surface area (Å²) in [6, 6.07) is 1.71. The Kier molecular flexibility index (Phi) is 2.68. The molecule has 0 radical (unpaired) electrons. The fraction of sp³-hybridized carbons (Fsp3) is 0.455. The van der Waals surface area contributed by atoms with Gasteiger partial charge in [-0.3, -0.25) is 4.57 Å². The Hall–Kier alpha value is -1.78. The van der Waals surface area contributed by atoms with Gasteiger partial charge in [-0.2, -0.15) is 4.98 Å². The molecule has 0 spiro atoms. The number of aromatic nitrogens is 3. The minimum atomic E-state index is -0.0400. The molecule has 5 nitrogen and oxygen atoms in total. The molecule has 0 amide bonds. The molecule has 16 heavy (non-hydrogen) atoms. The summed E-state index contributed by atoms with van der Waals surface area (Å²) in [4.78, 5) is 7.94. The summed E-state index contributed by atoms with van der Waals surface area (Å²) >= 11 is 0. The lowest BCUT2D eigenvalue weighted by molar-refractivity contribution is 0.361. The van der Waals surface area contributed by atoms with E-state index in [9.17, 15) is 10.2 Å². The quantitative estimate of drug-likeness (QED) is 0.833. The zero-order valence-electron chi connectivity index (χ0n) is 9.38. The molecule has 0 saturated carbocycles. The molecule has 2 rings (SSSR count). The van der Waals surface area contributed by atoms with Crippen LogP contribution >= 0.6 is 0 Å². The van der Waals surface area contributed by atoms with Crippen molar-refractivity contribution in [3.63, 3.8) is 0 Å². The van der Waals surface area contributed by atoms with E-state index in [0.717, 1.165) is 12.8 Å². The summed E-state index contributed by atoms with van der Waals surface area (Å²) in [6.07, 6.45) is 3.11. The average molecular weight is 221 g/mol. The Balaban J connectivity index is 2.66. The van der Waals surface area contributed by atoms with Gasteiger partial charge in [-0.1, -0.05) is 13.8 Å². The first-order chi connectivity index (χ1) is 7.67. The van der Waals surface area contributed by atoms with Crippen LogP contribution in [0.3, 0.4) is 0 Å². The van der Waals surface area contributed by atoms with E-state index in [0.29, 0.717) is 11.2 Å². The van der Waals surface area contributed by atoms with Crippen molar-refractivity contribution in [2.75, 3.05) is 0 Å². The van der Waals surface area contributed by atoms with Crippen molar-refractivity contribution >= 4 is 11.2 Å². The number of aromatic hydroxyl groups is 2. The van der Waals surface area contributed by atoms with Gasteiger partial charge in [0.25, 0.3) is 6.01 Å². The van der Waals surface area contributed by atoms with Crippen LogP contribution in [0.15, 0.2) is 12.3 Å². The lowest BCUT2D eigenvalue weighted by atomic mass is 10.1. The lowest BCUT2D eigenvalue weighted by Gasteiger charge is -2.15. The third kappa shape index (κ3) is 1.58. The topological polar surface area (TPSA) is 71.2 Å². The van der Waals surface area contributed by atoms with Crippen molar-refractivity contribution in [3.05, 3.63) is 12.3 Å². The molecule has 0 aliphatic carbocycles. The van der Waals surface area contributed by atoms with Gasteiger partial charge in [0.05, 0.1) is 11.7 Å². The fourth-order valence-electron chi connectivity index (χ4n) is 1.97. The normalized spacial score (nSPS) is 11.4. The summed E-state index contributed by atoms with van der Waals surface area (Å²) in [6.45, 7) is 4.10. The van der Waals surface area contributed by atoms with Crippen LogP contribution in [0.4, 0.5) is 0 Å². The molecule has 0 aliphatic heterocycles. The molecule has 0 unspecified atom stereocenters. The second kappa shape index (κ2) is 4.00. The number of fused-ring (bicyclic) bond motifs is 1. The second-order valence-corrected chi connectivity index (χ2v) is 3.79. The SMILES string of the molecule is CCC(CC)n1c(O)nc2ncc(O)cc21. The highest BCUT2D eigenvalue weighted by Gasteiger charge is 2.17. The van der Waals surface area contributed by atoms with E-state index in [-0.39, 0.29) is 17.8 Å². The van der Waals surface area contributed by atoms with E-state index in [4.69, 9.17) is 0 Å². The van der Waals surface area contributed by atoms with E-state index in [1.54, 1.807) is 10.6 Å². The Morgan fingerprint density at radius 1 is 1.31 bits per heavy atom. The van der Waals surface area contributed by atoms with Gasteiger partial charge in [0, 0.05) is 12.1 Å². The third-order valence-corrected chi connectivity index (χ3v) is 2.82. The molecule has 2 aromatic heterocycles. The minimum Gasteiger partial charge on any atom is -0.506 e. The van der Waals surface area contributed by atoms with E-state index in [2.05, 4.69) is 23.8 Å². The summed E-state index contributed by atoms with van der Waals surface area (Å²) < 4.78 is 1.72. The monoisotopic (exact) mass is 221 g/mol. The molecule has 2 aromatic rings. The van der Waals surface area contributed by atoms with Crippen molar-refractivity contribution in [2.45, 2.75) is 32.7 Å². The first-order valence-electron chi connectivity index (χ1n) is 5.43. The first-order valence-corrected chi connectivity index (χ1v) is 5.43. The standard InChI is InChI=1S/C11H15N3O2/c1-3-7(4-2)14-9-5-8(15)6-12-10(9)13-11(14)16/h5-7,15H,3-4H2,1-2H3,(H,12,13,16). The molecule has 2 N–H and O–H groups in total. The summed E-state index contributed by atoms with van der Waals surface area (Å²) in [5, 5.41) is 19.2. The Morgan fingerprint density at radius 2 is 2.00 bits per heavy atom. The average Bonchev–Trinajstić information content (AvgIpc) is 2.58. The second-order valence-electron chi connectivity index (χ2n) is 3.79. The van der Waals surface area contributed by atoms with Crippen LogP contribution < -0.4 is 0 Å². The highest BCUT2D eigenvalue weighted by atomic mass is 16.3. The number of pyridine rings is 1. The smallest absolute Gasteiger partial charge is 0.296 e. The lowest BCUT2D eigenvalue weighted by Crippen LogP contribution is -2.06. The van der Waals surface area contributed by atoms with Gasteiger partial charge in [-0.25, -0.2) is 4.98 Å². The van der Waals surface area contributed by atoms with Gasteiger partial charge in [0.15, 0.2) is 5.65 Å². The maximum atomic E-state index is 9.79. The predicted octanol–water partition coefficient (Wildman–Crippen LogP) is 2.20. The zero-order chi connectivity index (χ0) is 11.7. The molecule has 86 valence electrons. The van der Waals surface area contributed by atoms with Crippen molar-refractivity contribution in [3.8, 4) is 11.8 Å². The van der Waals surface area contributed by atoms with E-state index >= 15 is 0 Å². The van der Waals surface area contributed by atoms with Crippen LogP contribution in [0.2, 0.25) is 0 Å². The summed E-state index contributed by atoms with van der Waals surface area (Å²) in [5.74, 6) is 0.0830. The van der Waals surface area contributed by atoms with Crippen LogP contribution in [0.5, 0.6) is 11.8 Å². The van der Waals surface area contributed by atoms with Gasteiger partial charge >= 0.3 is 0 Å². The molecule has 2 heterocycles. The van der Waals surface area contributed by atoms with Gasteiger partial charge in [0.1, 0.15) is 5.75 Å². The van der Waals surface area contributed by atoms with Crippen molar-refractivity contribution in [2.24, 2.45) is 0 Å². The number of hydrogen-bond donors (Lipinski definition) is 2. The van der Waals surface area contributed by atoms with Gasteiger partial charge in [-0.15, -0.1) is 0 Å². The van der Waals surface area contributed by atoms with Crippen LogP contribution in [0.1, 0.15) is 32.7 Å². The molecule has 0 aliphatic rings. The van der Waals surface area contributed by atoms with Crippen LogP contribution in [0, 0.1) is 0 Å². The summed E-state index contributed by atoms with van der Waals surface area (Å²) in [7, 11) is 0. The molecular formula is C11H15N3O2. The number of hydrogen-bond acceptors (Lipinski definition) is 4. The maximum absolute atomic E-state index is 9.79. The Bertz CT molecular complexity index is 503. The van der Waals surface area contributed by atoms with E-state index in [1.165, 1.54) is 6.20 Å². The molecule has 0 aromatic carbocycles. The fourth-order valence-corrected chi connectivity index (χ4v) is 1.97. The molecular weight excluding hydrogens is 206 g/mol. The molecule has 0 fully saturated rings. The summed E-state index contributed by atoms with van der Waals surface area (Å²) in [5.41, 5.74) is 1.13. The Labute approximate surface area is 93.4 Å². The molecule has 0 atom stereocenters. The number of nitrogens with zero attached hydrogens (tertiary/aromatic N) is 3. The molecule has 5 heteroatoms. The highest BCUT2D eigenvalue weighted by molar-refractivity contribution is 5.74. The van der Waals surface area contributed by atoms with E-state index < -0.39 is 0 Å². The zero-order valence-corrected chi connectivity index (χ0v) is 9.38. The Morgan fingerprint density at radius 3 is 2.62 bits per heavy atom. The predicted molar refractivity (Wildman–Crippen MR) is 60.5 cm³/mol. The number of imidazole rings is 1. The highest BCUT2D eigenvalue weighted by Crippen LogP contribution is 2.29. The third-order valence-electron chi connectivity index (χ3n) is 2.82. The van der Waals surface area contributed by atoms with Crippen LogP contribution in [-0.4, -0.2) is 24.7 Å². The largest absolute Gasteiger partial charge is 0.506 e. The van der Waals surface area contributed by atoms with Gasteiger partial charge in [-0.05, 0) is 12.8 Å². The van der Waals surface area contributed by atoms with E-state index in [1.807, 2.05) is 0 Å². The van der Waals surface area contributed by atoms with Crippen LogP contribution in [-0.2, 0) is 0 Å². The maximum Gasteiger partial charge on any atom is 0.296 e. The number of rotatable bonds is 3. The molecule has 0 bridgehead atoms.